The summed E-state index contributed by atoms with van der Waals surface area (Å²) in [6, 6.07) is 1.91. The largest absolute Gasteiger partial charge is 0.334 e. The van der Waals surface area contributed by atoms with E-state index in [9.17, 15) is 8.42 Å². The monoisotopic (exact) mass is 352 g/mol. The summed E-state index contributed by atoms with van der Waals surface area (Å²) in [5, 5.41) is 11.8. The van der Waals surface area contributed by atoms with Gasteiger partial charge in [0.15, 0.2) is 5.03 Å². The summed E-state index contributed by atoms with van der Waals surface area (Å²) in [5.41, 5.74) is 1.43. The van der Waals surface area contributed by atoms with Crippen LogP contribution in [0.3, 0.4) is 0 Å². The second-order valence-electron chi connectivity index (χ2n) is 4.87. The first-order valence-corrected chi connectivity index (χ1v) is 9.39. The van der Waals surface area contributed by atoms with Gasteiger partial charge >= 0.3 is 0 Å². The van der Waals surface area contributed by atoms with Crippen molar-refractivity contribution in [2.45, 2.75) is 32.0 Å². The van der Waals surface area contributed by atoms with Crippen LogP contribution in [-0.2, 0) is 23.1 Å². The molecule has 0 saturated carbocycles. The molecule has 0 atom stereocenters. The fraction of sp³-hybridized carbons (Fsp3) is 0.308. The van der Waals surface area contributed by atoms with Crippen LogP contribution in [0.25, 0.3) is 5.69 Å². The van der Waals surface area contributed by atoms with Gasteiger partial charge in [-0.15, -0.1) is 5.10 Å². The molecule has 0 amide bonds. The molecule has 3 rings (SSSR count). The predicted molar refractivity (Wildman–Crippen MR) is 85.9 cm³/mol. The molecule has 0 aromatic carbocycles. The maximum absolute atomic E-state index is 12.3. The summed E-state index contributed by atoms with van der Waals surface area (Å²) in [6.07, 6.45) is 3.22. The van der Waals surface area contributed by atoms with E-state index in [0.29, 0.717) is 18.1 Å². The lowest BCUT2D eigenvalue weighted by molar-refractivity contribution is 0.576. The highest BCUT2D eigenvalue weighted by molar-refractivity contribution is 7.89. The first-order chi connectivity index (χ1) is 11.0. The highest BCUT2D eigenvalue weighted by Crippen LogP contribution is 2.12. The Morgan fingerprint density at radius 3 is 2.83 bits per heavy atom. The van der Waals surface area contributed by atoms with Crippen LogP contribution >= 0.6 is 11.3 Å². The van der Waals surface area contributed by atoms with Crippen molar-refractivity contribution in [2.75, 3.05) is 0 Å². The first-order valence-electron chi connectivity index (χ1n) is 6.97. The first kappa shape index (κ1) is 15.8. The number of thiophene rings is 1. The molecule has 0 spiro atoms. The van der Waals surface area contributed by atoms with Crippen molar-refractivity contribution in [1.82, 2.24) is 29.3 Å². The molecule has 0 bridgehead atoms. The van der Waals surface area contributed by atoms with Gasteiger partial charge in [-0.25, -0.2) is 22.8 Å². The third kappa shape index (κ3) is 3.33. The quantitative estimate of drug-likeness (QED) is 0.722. The lowest BCUT2D eigenvalue weighted by atomic mass is 10.5. The van der Waals surface area contributed by atoms with Gasteiger partial charge in [0.25, 0.3) is 10.0 Å². The molecule has 0 aliphatic rings. The van der Waals surface area contributed by atoms with Crippen LogP contribution in [0.5, 0.6) is 0 Å². The van der Waals surface area contributed by atoms with Crippen LogP contribution in [0, 0.1) is 6.92 Å². The molecule has 0 radical (unpaired) electrons. The van der Waals surface area contributed by atoms with Crippen molar-refractivity contribution in [3.8, 4) is 5.69 Å². The second-order valence-corrected chi connectivity index (χ2v) is 7.37. The van der Waals surface area contributed by atoms with Gasteiger partial charge in [-0.3, -0.25) is 0 Å². The summed E-state index contributed by atoms with van der Waals surface area (Å²) in [4.78, 5) is 4.08. The number of aromatic nitrogens is 5. The van der Waals surface area contributed by atoms with E-state index >= 15 is 0 Å². The number of imidazole rings is 1. The van der Waals surface area contributed by atoms with Gasteiger partial charge < -0.3 is 4.57 Å². The Bertz CT molecular complexity index is 895. The number of sulfonamides is 1. The Kier molecular flexibility index (Phi) is 4.28. The van der Waals surface area contributed by atoms with E-state index in [-0.39, 0.29) is 11.6 Å². The normalized spacial score (nSPS) is 11.9. The van der Waals surface area contributed by atoms with Crippen LogP contribution in [0.4, 0.5) is 0 Å². The lowest BCUT2D eigenvalue weighted by Crippen LogP contribution is -2.23. The van der Waals surface area contributed by atoms with E-state index in [0.717, 1.165) is 5.69 Å². The van der Waals surface area contributed by atoms with Crippen molar-refractivity contribution in [3.05, 3.63) is 40.7 Å². The van der Waals surface area contributed by atoms with Gasteiger partial charge in [0.05, 0.1) is 24.1 Å². The molecule has 3 aromatic rings. The molecule has 23 heavy (non-hydrogen) atoms. The van der Waals surface area contributed by atoms with Gasteiger partial charge in [0, 0.05) is 18.1 Å². The zero-order valence-electron chi connectivity index (χ0n) is 12.7. The number of nitrogens with zero attached hydrogens (tertiary/aromatic N) is 5. The van der Waals surface area contributed by atoms with Crippen LogP contribution < -0.4 is 4.72 Å². The van der Waals surface area contributed by atoms with E-state index in [1.165, 1.54) is 6.20 Å². The van der Waals surface area contributed by atoms with Crippen LogP contribution in [-0.4, -0.2) is 33.0 Å². The molecule has 1 N–H and O–H groups in total. The van der Waals surface area contributed by atoms with E-state index < -0.39 is 10.0 Å². The van der Waals surface area contributed by atoms with Gasteiger partial charge in [0.1, 0.15) is 5.82 Å². The summed E-state index contributed by atoms with van der Waals surface area (Å²) in [6.45, 7) is 4.43. The van der Waals surface area contributed by atoms with Gasteiger partial charge in [-0.2, -0.15) is 11.3 Å². The summed E-state index contributed by atoms with van der Waals surface area (Å²) in [5.74, 6) is 0.663. The maximum atomic E-state index is 12.3. The summed E-state index contributed by atoms with van der Waals surface area (Å²) < 4.78 is 30.4. The van der Waals surface area contributed by atoms with Gasteiger partial charge in [-0.05, 0) is 25.3 Å². The molecular weight excluding hydrogens is 336 g/mol. The summed E-state index contributed by atoms with van der Waals surface area (Å²) >= 11 is 1.55. The molecule has 0 aliphatic carbocycles. The Labute approximate surface area is 137 Å². The van der Waals surface area contributed by atoms with Crippen LogP contribution in [0.2, 0.25) is 0 Å². The van der Waals surface area contributed by atoms with Crippen molar-refractivity contribution in [1.29, 1.82) is 0 Å². The molecule has 0 aliphatic heterocycles. The van der Waals surface area contributed by atoms with Crippen LogP contribution in [0.15, 0.2) is 34.2 Å². The van der Waals surface area contributed by atoms with Crippen molar-refractivity contribution in [3.63, 3.8) is 0 Å². The molecule has 0 fully saturated rings. The maximum Gasteiger partial charge on any atom is 0.259 e. The van der Waals surface area contributed by atoms with Crippen molar-refractivity contribution < 1.29 is 8.42 Å². The molecular formula is C13H16N6O2S2. The van der Waals surface area contributed by atoms with E-state index in [4.69, 9.17) is 0 Å². The fourth-order valence-corrected chi connectivity index (χ4v) is 3.69. The van der Waals surface area contributed by atoms with Gasteiger partial charge in [-0.1, -0.05) is 5.21 Å². The topological polar surface area (TPSA) is 94.7 Å². The Hall–Kier alpha value is -2.04. The Morgan fingerprint density at radius 2 is 2.17 bits per heavy atom. The molecule has 3 heterocycles. The fourth-order valence-electron chi connectivity index (χ4n) is 2.07. The second kappa shape index (κ2) is 6.22. The van der Waals surface area contributed by atoms with Gasteiger partial charge in [0.2, 0.25) is 0 Å². The number of rotatable bonds is 6. The minimum absolute atomic E-state index is 0.0158. The van der Waals surface area contributed by atoms with Crippen molar-refractivity contribution in [2.24, 2.45) is 0 Å². The van der Waals surface area contributed by atoms with Crippen molar-refractivity contribution >= 4 is 21.4 Å². The highest BCUT2D eigenvalue weighted by Gasteiger charge is 2.19. The average molecular weight is 352 g/mol. The van der Waals surface area contributed by atoms with Crippen LogP contribution in [0.1, 0.15) is 18.4 Å². The zero-order chi connectivity index (χ0) is 16.4. The Balaban J connectivity index is 1.72. The third-order valence-electron chi connectivity index (χ3n) is 3.32. The third-order valence-corrected chi connectivity index (χ3v) is 5.27. The zero-order valence-corrected chi connectivity index (χ0v) is 14.3. The minimum atomic E-state index is -3.67. The molecule has 0 unspecified atom stereocenters. The smallest absolute Gasteiger partial charge is 0.259 e. The molecule has 3 aromatic heterocycles. The standard InChI is InChI=1S/C13H16N6O2S2/c1-3-18-8-13(15-10(18)2)23(20,21)14-6-11-7-19(17-16-11)12-4-5-22-9-12/h4-5,7-9,14H,3,6H2,1-2H3. The Morgan fingerprint density at radius 1 is 1.35 bits per heavy atom. The highest BCUT2D eigenvalue weighted by atomic mass is 32.2. The molecule has 122 valence electrons. The number of hydrogen-bond acceptors (Lipinski definition) is 6. The SMILES string of the molecule is CCn1cc(S(=O)(=O)NCc2cn(-c3ccsc3)nn2)nc1C. The minimum Gasteiger partial charge on any atom is -0.334 e. The number of nitrogens with one attached hydrogen (secondary N) is 1. The molecule has 10 heteroatoms. The summed E-state index contributed by atoms with van der Waals surface area (Å²) in [7, 11) is -3.67. The number of aryl methyl sites for hydroxylation is 2. The number of hydrogen-bond donors (Lipinski definition) is 1. The molecule has 8 nitrogen and oxygen atoms in total. The van der Waals surface area contributed by atoms with E-state index in [2.05, 4.69) is 20.0 Å². The van der Waals surface area contributed by atoms with E-state index in [1.54, 1.807) is 33.7 Å². The predicted octanol–water partition coefficient (Wildman–Crippen LogP) is 1.33. The lowest BCUT2D eigenvalue weighted by Gasteiger charge is -2.01. The van der Waals surface area contributed by atoms with E-state index in [1.807, 2.05) is 23.8 Å². The average Bonchev–Trinajstić information content (AvgIpc) is 3.25. The molecule has 0 saturated heterocycles.